The fourth-order valence-electron chi connectivity index (χ4n) is 3.35. The van der Waals surface area contributed by atoms with Crippen molar-refractivity contribution in [3.8, 4) is 11.3 Å². The number of fused-ring (bicyclic) bond motifs is 1. The van der Waals surface area contributed by atoms with Crippen molar-refractivity contribution in [1.82, 2.24) is 20.2 Å². The molecule has 1 fully saturated rings. The molecule has 4 rings (SSSR count). The summed E-state index contributed by atoms with van der Waals surface area (Å²) in [6.45, 7) is 4.81. The monoisotopic (exact) mass is 371 g/mol. The molecule has 8 heteroatoms. The number of hydrogen-bond donors (Lipinski definition) is 3. The summed E-state index contributed by atoms with van der Waals surface area (Å²) in [6.07, 6.45) is 3.90. The lowest BCUT2D eigenvalue weighted by Crippen LogP contribution is -2.42. The highest BCUT2D eigenvalue weighted by molar-refractivity contribution is 6.36. The lowest BCUT2D eigenvalue weighted by atomic mass is 9.80. The minimum absolute atomic E-state index is 0.220. The molecular formula is C18H22ClN7. The Hall–Kier alpha value is -2.38. The third kappa shape index (κ3) is 2.87. The zero-order valence-corrected chi connectivity index (χ0v) is 15.4. The van der Waals surface area contributed by atoms with Gasteiger partial charge in [0.2, 0.25) is 5.65 Å². The Labute approximate surface area is 156 Å². The van der Waals surface area contributed by atoms with Crippen LogP contribution < -0.4 is 16.4 Å². The number of anilines is 2. The van der Waals surface area contributed by atoms with Crippen LogP contribution in [0.2, 0.25) is 5.02 Å². The average molecular weight is 372 g/mol. The minimum Gasteiger partial charge on any atom is -0.398 e. The van der Waals surface area contributed by atoms with E-state index in [2.05, 4.69) is 32.0 Å². The molecule has 5 N–H and O–H groups in total. The second-order valence-corrected chi connectivity index (χ2v) is 7.59. The van der Waals surface area contributed by atoms with Gasteiger partial charge < -0.3 is 16.4 Å². The largest absolute Gasteiger partial charge is 0.398 e. The predicted octanol–water partition coefficient (Wildman–Crippen LogP) is 2.82. The van der Waals surface area contributed by atoms with Crippen molar-refractivity contribution in [1.29, 1.82) is 0 Å². The van der Waals surface area contributed by atoms with Crippen LogP contribution in [0, 0.1) is 5.41 Å². The molecule has 0 aliphatic carbocycles. The molecule has 0 unspecified atom stereocenters. The minimum atomic E-state index is 0.220. The molecule has 0 spiro atoms. The summed E-state index contributed by atoms with van der Waals surface area (Å²) in [7, 11) is 0. The van der Waals surface area contributed by atoms with E-state index >= 15 is 0 Å². The SMILES string of the molecule is CC1(CN)CCN(c2cnc3c(-c4cccc(N)c4Cl)[nH]nc3n2)CC1. The standard InChI is InChI=1S/C18H22ClN7/c1-18(10-20)5-7-26(8-6-18)13-9-22-16-15(24-25-17(16)23-13)11-3-2-4-12(21)14(11)19/h2-4,9H,5-8,10,20-21H2,1H3,(H,23,24,25). The smallest absolute Gasteiger partial charge is 0.202 e. The van der Waals surface area contributed by atoms with E-state index in [0.717, 1.165) is 49.6 Å². The fraction of sp³-hybridized carbons (Fsp3) is 0.389. The number of aromatic nitrogens is 4. The number of nitrogens with two attached hydrogens (primary N) is 2. The summed E-state index contributed by atoms with van der Waals surface area (Å²) >= 11 is 6.34. The Morgan fingerprint density at radius 2 is 2.08 bits per heavy atom. The molecule has 3 aromatic rings. The summed E-state index contributed by atoms with van der Waals surface area (Å²) in [6, 6.07) is 5.51. The van der Waals surface area contributed by atoms with Crippen LogP contribution in [0.25, 0.3) is 22.4 Å². The van der Waals surface area contributed by atoms with Gasteiger partial charge in [-0.1, -0.05) is 30.7 Å². The molecule has 26 heavy (non-hydrogen) atoms. The first-order chi connectivity index (χ1) is 12.5. The van der Waals surface area contributed by atoms with Crippen molar-refractivity contribution in [2.75, 3.05) is 30.3 Å². The van der Waals surface area contributed by atoms with Crippen LogP contribution in [0.1, 0.15) is 19.8 Å². The molecule has 1 aromatic carbocycles. The number of nitrogen functional groups attached to an aromatic ring is 1. The Kier molecular flexibility index (Phi) is 4.20. The summed E-state index contributed by atoms with van der Waals surface area (Å²) in [5.74, 6) is 0.841. The lowest BCUT2D eigenvalue weighted by Gasteiger charge is -2.39. The van der Waals surface area contributed by atoms with Crippen molar-refractivity contribution < 1.29 is 0 Å². The first-order valence-corrected chi connectivity index (χ1v) is 9.09. The number of piperidine rings is 1. The van der Waals surface area contributed by atoms with Crippen LogP contribution in [-0.2, 0) is 0 Å². The van der Waals surface area contributed by atoms with Crippen molar-refractivity contribution in [2.45, 2.75) is 19.8 Å². The van der Waals surface area contributed by atoms with Crippen LogP contribution in [0.15, 0.2) is 24.4 Å². The summed E-state index contributed by atoms with van der Waals surface area (Å²) in [4.78, 5) is 11.5. The van der Waals surface area contributed by atoms with Crippen LogP contribution >= 0.6 is 11.6 Å². The van der Waals surface area contributed by atoms with Gasteiger partial charge >= 0.3 is 0 Å². The van der Waals surface area contributed by atoms with Crippen molar-refractivity contribution >= 4 is 34.3 Å². The number of rotatable bonds is 3. The molecule has 1 aliphatic rings. The number of H-pyrrole nitrogens is 1. The molecule has 0 bridgehead atoms. The highest BCUT2D eigenvalue weighted by Crippen LogP contribution is 2.35. The Bertz CT molecular complexity index is 944. The molecule has 2 aromatic heterocycles. The first kappa shape index (κ1) is 17.1. The highest BCUT2D eigenvalue weighted by atomic mass is 35.5. The average Bonchev–Trinajstić information content (AvgIpc) is 3.07. The van der Waals surface area contributed by atoms with Gasteiger partial charge in [0.05, 0.1) is 22.6 Å². The van der Waals surface area contributed by atoms with Crippen LogP contribution in [-0.4, -0.2) is 39.8 Å². The van der Waals surface area contributed by atoms with Gasteiger partial charge in [0, 0.05) is 18.7 Å². The molecular weight excluding hydrogens is 350 g/mol. The maximum Gasteiger partial charge on any atom is 0.202 e. The number of benzene rings is 1. The predicted molar refractivity (Wildman–Crippen MR) is 105 cm³/mol. The van der Waals surface area contributed by atoms with Crippen LogP contribution in [0.3, 0.4) is 0 Å². The van der Waals surface area contributed by atoms with E-state index in [1.807, 2.05) is 12.1 Å². The Morgan fingerprint density at radius 1 is 1.31 bits per heavy atom. The van der Waals surface area contributed by atoms with Gasteiger partial charge in [-0.05, 0) is 30.9 Å². The molecule has 0 amide bonds. The quantitative estimate of drug-likeness (QED) is 0.610. The molecule has 1 aliphatic heterocycles. The third-order valence-electron chi connectivity index (χ3n) is 5.34. The van der Waals surface area contributed by atoms with Crippen molar-refractivity contribution in [3.63, 3.8) is 0 Å². The third-order valence-corrected chi connectivity index (χ3v) is 5.76. The molecule has 0 atom stereocenters. The number of nitrogens with one attached hydrogen (secondary N) is 1. The van der Waals surface area contributed by atoms with E-state index < -0.39 is 0 Å². The topological polar surface area (TPSA) is 110 Å². The summed E-state index contributed by atoms with van der Waals surface area (Å²) in [5, 5.41) is 7.81. The number of halogens is 1. The zero-order valence-electron chi connectivity index (χ0n) is 14.7. The fourth-order valence-corrected chi connectivity index (χ4v) is 3.57. The Morgan fingerprint density at radius 3 is 2.81 bits per heavy atom. The number of hydrogen-bond acceptors (Lipinski definition) is 6. The highest BCUT2D eigenvalue weighted by Gasteiger charge is 2.29. The summed E-state index contributed by atoms with van der Waals surface area (Å²) < 4.78 is 0. The number of aromatic amines is 1. The van der Waals surface area contributed by atoms with E-state index in [1.165, 1.54) is 0 Å². The van der Waals surface area contributed by atoms with E-state index in [4.69, 9.17) is 23.1 Å². The Balaban J connectivity index is 1.65. The molecule has 3 heterocycles. The molecule has 7 nitrogen and oxygen atoms in total. The number of nitrogens with zero attached hydrogens (tertiary/aromatic N) is 4. The van der Waals surface area contributed by atoms with E-state index in [0.29, 0.717) is 21.9 Å². The van der Waals surface area contributed by atoms with Gasteiger partial charge in [-0.15, -0.1) is 0 Å². The second-order valence-electron chi connectivity index (χ2n) is 7.21. The van der Waals surface area contributed by atoms with Crippen LogP contribution in [0.4, 0.5) is 11.5 Å². The molecule has 0 saturated carbocycles. The van der Waals surface area contributed by atoms with Gasteiger partial charge in [-0.2, -0.15) is 5.10 Å². The van der Waals surface area contributed by atoms with Crippen molar-refractivity contribution in [2.24, 2.45) is 11.1 Å². The van der Waals surface area contributed by atoms with E-state index in [-0.39, 0.29) is 5.41 Å². The van der Waals surface area contributed by atoms with Gasteiger partial charge in [0.15, 0.2) is 0 Å². The van der Waals surface area contributed by atoms with Crippen molar-refractivity contribution in [3.05, 3.63) is 29.4 Å². The molecule has 1 saturated heterocycles. The molecule has 136 valence electrons. The van der Waals surface area contributed by atoms with Gasteiger partial charge in [0.1, 0.15) is 11.3 Å². The maximum absolute atomic E-state index is 6.34. The second kappa shape index (κ2) is 6.41. The molecule has 0 radical (unpaired) electrons. The normalized spacial score (nSPS) is 17.0. The van der Waals surface area contributed by atoms with E-state index in [1.54, 1.807) is 12.3 Å². The van der Waals surface area contributed by atoms with Gasteiger partial charge in [-0.3, -0.25) is 5.10 Å². The van der Waals surface area contributed by atoms with Gasteiger partial charge in [-0.25, -0.2) is 9.97 Å². The zero-order chi connectivity index (χ0) is 18.3. The first-order valence-electron chi connectivity index (χ1n) is 8.71. The van der Waals surface area contributed by atoms with Gasteiger partial charge in [0.25, 0.3) is 0 Å². The van der Waals surface area contributed by atoms with E-state index in [9.17, 15) is 0 Å². The maximum atomic E-state index is 6.34. The lowest BCUT2D eigenvalue weighted by molar-refractivity contribution is 0.258. The summed E-state index contributed by atoms with van der Waals surface area (Å²) in [5.41, 5.74) is 15.3. The van der Waals surface area contributed by atoms with Crippen LogP contribution in [0.5, 0.6) is 0 Å².